The molecule has 1 amide bonds. The van der Waals surface area contributed by atoms with Gasteiger partial charge in [0, 0.05) is 30.4 Å². The van der Waals surface area contributed by atoms with Crippen LogP contribution in [-0.2, 0) is 13.0 Å². The molecule has 0 saturated heterocycles. The van der Waals surface area contributed by atoms with Gasteiger partial charge in [0.2, 0.25) is 0 Å². The van der Waals surface area contributed by atoms with Gasteiger partial charge in [-0.25, -0.2) is 0 Å². The maximum atomic E-state index is 11.4. The maximum absolute atomic E-state index is 11.4. The highest BCUT2D eigenvalue weighted by atomic mass is 32.1. The number of nitrogens with two attached hydrogens (primary N) is 1. The zero-order valence-electron chi connectivity index (χ0n) is 13.6. The molecule has 6 heteroatoms. The van der Waals surface area contributed by atoms with E-state index in [0.29, 0.717) is 11.5 Å². The molecular formula is C19H19N3O2S. The fourth-order valence-corrected chi connectivity index (χ4v) is 3.07. The third-order valence-electron chi connectivity index (χ3n) is 3.66. The molecule has 0 fully saturated rings. The molecule has 3 N–H and O–H groups in total. The predicted octanol–water partition coefficient (Wildman–Crippen LogP) is 3.37. The molecule has 1 aromatic carbocycles. The first-order valence-electron chi connectivity index (χ1n) is 7.96. The van der Waals surface area contributed by atoms with E-state index in [9.17, 15) is 4.79 Å². The minimum Gasteiger partial charge on any atom is -0.456 e. The number of benzene rings is 1. The SMILES string of the molecule is NC(=O)c1cnccc1Oc1ccc(CNCCc2cccs2)cc1. The minimum absolute atomic E-state index is 0.266. The second-order valence-corrected chi connectivity index (χ2v) is 6.52. The van der Waals surface area contributed by atoms with Crippen LogP contribution in [0.1, 0.15) is 20.8 Å². The zero-order chi connectivity index (χ0) is 17.5. The van der Waals surface area contributed by atoms with E-state index in [1.807, 2.05) is 24.3 Å². The van der Waals surface area contributed by atoms with Gasteiger partial charge in [-0.2, -0.15) is 0 Å². The molecule has 128 valence electrons. The number of carbonyl (C=O) groups is 1. The van der Waals surface area contributed by atoms with Crippen LogP contribution < -0.4 is 15.8 Å². The average molecular weight is 353 g/mol. The van der Waals surface area contributed by atoms with Crippen molar-refractivity contribution in [1.29, 1.82) is 0 Å². The van der Waals surface area contributed by atoms with E-state index in [-0.39, 0.29) is 5.56 Å². The number of carbonyl (C=O) groups excluding carboxylic acids is 1. The first kappa shape index (κ1) is 17.1. The van der Waals surface area contributed by atoms with E-state index in [1.54, 1.807) is 23.6 Å². The van der Waals surface area contributed by atoms with Gasteiger partial charge in [0.05, 0.1) is 0 Å². The third kappa shape index (κ3) is 4.89. The molecule has 25 heavy (non-hydrogen) atoms. The van der Waals surface area contributed by atoms with Crippen molar-refractivity contribution in [3.8, 4) is 11.5 Å². The first-order valence-corrected chi connectivity index (χ1v) is 8.84. The van der Waals surface area contributed by atoms with Gasteiger partial charge in [-0.15, -0.1) is 11.3 Å². The van der Waals surface area contributed by atoms with Gasteiger partial charge < -0.3 is 15.8 Å². The molecule has 0 atom stereocenters. The van der Waals surface area contributed by atoms with Gasteiger partial charge in [-0.1, -0.05) is 18.2 Å². The molecule has 3 rings (SSSR count). The number of ether oxygens (including phenoxy) is 1. The van der Waals surface area contributed by atoms with Crippen molar-refractivity contribution in [3.05, 3.63) is 76.2 Å². The fraction of sp³-hybridized carbons (Fsp3) is 0.158. The molecule has 0 bridgehead atoms. The Morgan fingerprint density at radius 2 is 2.04 bits per heavy atom. The Hall–Kier alpha value is -2.70. The molecule has 0 aliphatic carbocycles. The van der Waals surface area contributed by atoms with Crippen molar-refractivity contribution in [2.75, 3.05) is 6.54 Å². The Balaban J connectivity index is 1.53. The number of primary amides is 1. The van der Waals surface area contributed by atoms with Crippen molar-refractivity contribution in [2.45, 2.75) is 13.0 Å². The lowest BCUT2D eigenvalue weighted by atomic mass is 10.2. The molecule has 2 heterocycles. The molecule has 3 aromatic rings. The average Bonchev–Trinajstić information content (AvgIpc) is 3.14. The van der Waals surface area contributed by atoms with Crippen LogP contribution in [0.3, 0.4) is 0 Å². The van der Waals surface area contributed by atoms with E-state index < -0.39 is 5.91 Å². The summed E-state index contributed by atoms with van der Waals surface area (Å²) in [7, 11) is 0. The highest BCUT2D eigenvalue weighted by Gasteiger charge is 2.10. The summed E-state index contributed by atoms with van der Waals surface area (Å²) >= 11 is 1.78. The van der Waals surface area contributed by atoms with Crippen LogP contribution in [0.2, 0.25) is 0 Å². The number of nitrogens with zero attached hydrogens (tertiary/aromatic N) is 1. The van der Waals surface area contributed by atoms with E-state index in [4.69, 9.17) is 10.5 Å². The summed E-state index contributed by atoms with van der Waals surface area (Å²) in [5.41, 5.74) is 6.76. The number of hydrogen-bond acceptors (Lipinski definition) is 5. The number of amides is 1. The quantitative estimate of drug-likeness (QED) is 0.609. The molecule has 0 unspecified atom stereocenters. The van der Waals surface area contributed by atoms with Crippen molar-refractivity contribution in [2.24, 2.45) is 5.73 Å². The highest BCUT2D eigenvalue weighted by Crippen LogP contribution is 2.24. The van der Waals surface area contributed by atoms with Gasteiger partial charge in [0.15, 0.2) is 0 Å². The number of thiophene rings is 1. The Bertz CT molecular complexity index is 817. The predicted molar refractivity (Wildman–Crippen MR) is 99.0 cm³/mol. The summed E-state index contributed by atoms with van der Waals surface area (Å²) in [6, 6.07) is 13.6. The monoisotopic (exact) mass is 353 g/mol. The molecule has 2 aromatic heterocycles. The number of pyridine rings is 1. The molecule has 0 radical (unpaired) electrons. The van der Waals surface area contributed by atoms with Crippen molar-refractivity contribution in [1.82, 2.24) is 10.3 Å². The molecular weight excluding hydrogens is 334 g/mol. The number of hydrogen-bond donors (Lipinski definition) is 2. The van der Waals surface area contributed by atoms with Gasteiger partial charge in [0.25, 0.3) is 5.91 Å². The molecule has 5 nitrogen and oxygen atoms in total. The van der Waals surface area contributed by atoms with Crippen molar-refractivity contribution < 1.29 is 9.53 Å². The van der Waals surface area contributed by atoms with E-state index in [0.717, 1.165) is 19.5 Å². The summed E-state index contributed by atoms with van der Waals surface area (Å²) < 4.78 is 5.74. The largest absolute Gasteiger partial charge is 0.456 e. The van der Waals surface area contributed by atoms with Crippen molar-refractivity contribution >= 4 is 17.2 Å². The lowest BCUT2D eigenvalue weighted by molar-refractivity contribution is 0.0997. The van der Waals surface area contributed by atoms with E-state index >= 15 is 0 Å². The normalized spacial score (nSPS) is 10.6. The van der Waals surface area contributed by atoms with Crippen LogP contribution in [-0.4, -0.2) is 17.4 Å². The van der Waals surface area contributed by atoms with Gasteiger partial charge in [0.1, 0.15) is 17.1 Å². The summed E-state index contributed by atoms with van der Waals surface area (Å²) in [5, 5.41) is 5.53. The molecule has 0 aliphatic heterocycles. The third-order valence-corrected chi connectivity index (χ3v) is 4.59. The van der Waals surface area contributed by atoms with E-state index in [2.05, 4.69) is 27.8 Å². The van der Waals surface area contributed by atoms with Crippen LogP contribution >= 0.6 is 11.3 Å². The summed E-state index contributed by atoms with van der Waals surface area (Å²) in [5.74, 6) is 0.495. The lowest BCUT2D eigenvalue weighted by Crippen LogP contribution is -2.16. The van der Waals surface area contributed by atoms with Gasteiger partial charge in [-0.05, 0) is 41.6 Å². The number of rotatable bonds is 8. The summed E-state index contributed by atoms with van der Waals surface area (Å²) in [6.07, 6.45) is 4.01. The fourth-order valence-electron chi connectivity index (χ4n) is 2.36. The number of nitrogens with one attached hydrogen (secondary N) is 1. The summed E-state index contributed by atoms with van der Waals surface area (Å²) in [6.45, 7) is 1.74. The first-order chi connectivity index (χ1) is 12.2. The Labute approximate surface area is 150 Å². The van der Waals surface area contributed by atoms with Crippen LogP contribution in [0.4, 0.5) is 0 Å². The summed E-state index contributed by atoms with van der Waals surface area (Å²) in [4.78, 5) is 16.7. The molecule has 0 aliphatic rings. The van der Waals surface area contributed by atoms with Gasteiger partial charge >= 0.3 is 0 Å². The standard InChI is InChI=1S/C19H19N3O2S/c20-19(23)17-13-22-10-8-18(17)24-15-5-3-14(4-6-15)12-21-9-7-16-2-1-11-25-16/h1-6,8,10-11,13,21H,7,9,12H2,(H2,20,23). The Morgan fingerprint density at radius 1 is 1.20 bits per heavy atom. The topological polar surface area (TPSA) is 77.2 Å². The van der Waals surface area contributed by atoms with Crippen LogP contribution in [0, 0.1) is 0 Å². The maximum Gasteiger partial charge on any atom is 0.254 e. The molecule has 0 saturated carbocycles. The Kier molecular flexibility index (Phi) is 5.77. The lowest BCUT2D eigenvalue weighted by Gasteiger charge is -2.09. The van der Waals surface area contributed by atoms with Crippen LogP contribution in [0.25, 0.3) is 0 Å². The van der Waals surface area contributed by atoms with Crippen LogP contribution in [0.15, 0.2) is 60.2 Å². The second-order valence-electron chi connectivity index (χ2n) is 5.49. The Morgan fingerprint density at radius 3 is 2.76 bits per heavy atom. The second kappa shape index (κ2) is 8.41. The molecule has 0 spiro atoms. The number of aromatic nitrogens is 1. The van der Waals surface area contributed by atoms with Gasteiger partial charge in [-0.3, -0.25) is 9.78 Å². The minimum atomic E-state index is -0.560. The highest BCUT2D eigenvalue weighted by molar-refractivity contribution is 7.09. The van der Waals surface area contributed by atoms with Crippen LogP contribution in [0.5, 0.6) is 11.5 Å². The van der Waals surface area contributed by atoms with E-state index in [1.165, 1.54) is 16.6 Å². The van der Waals surface area contributed by atoms with Crippen molar-refractivity contribution in [3.63, 3.8) is 0 Å². The smallest absolute Gasteiger partial charge is 0.254 e. The zero-order valence-corrected chi connectivity index (χ0v) is 14.5.